The van der Waals surface area contributed by atoms with Crippen molar-refractivity contribution >= 4 is 10.0 Å². The monoisotopic (exact) mass is 455 g/mol. The second-order valence-electron chi connectivity index (χ2n) is 8.17. The Morgan fingerprint density at radius 1 is 1.03 bits per heavy atom. The van der Waals surface area contributed by atoms with Crippen LogP contribution in [0.4, 0.5) is 0 Å². The lowest BCUT2D eigenvalue weighted by Gasteiger charge is -2.33. The molecule has 0 spiro atoms. The zero-order chi connectivity index (χ0) is 22.9. The smallest absolute Gasteiger partial charge is 0.243 e. The fourth-order valence-electron chi connectivity index (χ4n) is 4.08. The highest BCUT2D eigenvalue weighted by Gasteiger charge is 2.30. The molecule has 32 heavy (non-hydrogen) atoms. The molecule has 2 aromatic carbocycles. The summed E-state index contributed by atoms with van der Waals surface area (Å²) >= 11 is 0. The molecule has 0 radical (unpaired) electrons. The summed E-state index contributed by atoms with van der Waals surface area (Å²) in [5, 5.41) is 0. The largest absolute Gasteiger partial charge is 0.496 e. The lowest BCUT2D eigenvalue weighted by atomic mass is 10.2. The van der Waals surface area contributed by atoms with Gasteiger partial charge in [-0.3, -0.25) is 4.90 Å². The van der Waals surface area contributed by atoms with Crippen molar-refractivity contribution in [1.82, 2.24) is 14.2 Å². The molecule has 0 saturated carbocycles. The summed E-state index contributed by atoms with van der Waals surface area (Å²) in [6.45, 7) is 8.51. The van der Waals surface area contributed by atoms with Gasteiger partial charge in [-0.15, -0.1) is 0 Å². The molecule has 0 amide bonds. The number of hydrogen-bond donors (Lipinski definition) is 0. The highest BCUT2D eigenvalue weighted by molar-refractivity contribution is 7.89. The summed E-state index contributed by atoms with van der Waals surface area (Å²) < 4.78 is 39.2. The van der Waals surface area contributed by atoms with E-state index in [0.717, 1.165) is 28.1 Å². The molecular formula is C24H29N3O4S. The van der Waals surface area contributed by atoms with Gasteiger partial charge in [0.25, 0.3) is 0 Å². The molecule has 1 aliphatic heterocycles. The summed E-state index contributed by atoms with van der Waals surface area (Å²) in [4.78, 5) is 7.30. The van der Waals surface area contributed by atoms with Gasteiger partial charge in [0.05, 0.1) is 23.3 Å². The second-order valence-corrected chi connectivity index (χ2v) is 10.1. The average molecular weight is 456 g/mol. The normalized spacial score (nSPS) is 15.8. The van der Waals surface area contributed by atoms with Crippen LogP contribution in [-0.4, -0.2) is 55.9 Å². The quantitative estimate of drug-likeness (QED) is 0.563. The molecule has 0 N–H and O–H groups in total. The second kappa shape index (κ2) is 9.05. The van der Waals surface area contributed by atoms with E-state index in [9.17, 15) is 8.42 Å². The fourth-order valence-corrected chi connectivity index (χ4v) is 5.71. The molecule has 0 aliphatic carbocycles. The Balaban J connectivity index is 1.44. The molecular weight excluding hydrogens is 426 g/mol. The number of aromatic nitrogens is 1. The van der Waals surface area contributed by atoms with Crippen molar-refractivity contribution in [3.05, 3.63) is 65.0 Å². The van der Waals surface area contributed by atoms with Crippen molar-refractivity contribution in [2.24, 2.45) is 0 Å². The van der Waals surface area contributed by atoms with Gasteiger partial charge in [0.15, 0.2) is 0 Å². The van der Waals surface area contributed by atoms with E-state index >= 15 is 0 Å². The van der Waals surface area contributed by atoms with Crippen LogP contribution in [0.3, 0.4) is 0 Å². The Kier molecular flexibility index (Phi) is 6.37. The molecule has 170 valence electrons. The predicted molar refractivity (Wildman–Crippen MR) is 123 cm³/mol. The van der Waals surface area contributed by atoms with E-state index in [2.05, 4.69) is 4.90 Å². The summed E-state index contributed by atoms with van der Waals surface area (Å²) in [5.41, 5.74) is 3.52. The number of hydrogen-bond acceptors (Lipinski definition) is 6. The molecule has 0 unspecified atom stereocenters. The van der Waals surface area contributed by atoms with Crippen LogP contribution in [0, 0.1) is 20.8 Å². The first-order valence-electron chi connectivity index (χ1n) is 10.7. The first kappa shape index (κ1) is 22.5. The first-order chi connectivity index (χ1) is 15.3. The van der Waals surface area contributed by atoms with Crippen LogP contribution in [0.2, 0.25) is 0 Å². The topological polar surface area (TPSA) is 75.9 Å². The zero-order valence-corrected chi connectivity index (χ0v) is 19.8. The molecule has 4 rings (SSSR count). The Morgan fingerprint density at radius 2 is 1.75 bits per heavy atom. The number of sulfonamides is 1. The number of methoxy groups -OCH3 is 1. The number of rotatable bonds is 6. The fraction of sp³-hybridized carbons (Fsp3) is 0.375. The minimum absolute atomic E-state index is 0.394. The molecule has 0 bridgehead atoms. The van der Waals surface area contributed by atoms with Crippen molar-refractivity contribution in [3.8, 4) is 17.2 Å². The van der Waals surface area contributed by atoms with E-state index in [1.54, 1.807) is 17.5 Å². The molecule has 1 aromatic heterocycles. The van der Waals surface area contributed by atoms with Gasteiger partial charge in [-0.05, 0) is 44.5 Å². The van der Waals surface area contributed by atoms with Gasteiger partial charge in [0, 0.05) is 32.7 Å². The third kappa shape index (κ3) is 4.44. The predicted octanol–water partition coefficient (Wildman–Crippen LogP) is 3.78. The summed E-state index contributed by atoms with van der Waals surface area (Å²) in [5.74, 6) is 2.01. The molecule has 2 heterocycles. The third-order valence-corrected chi connectivity index (χ3v) is 7.94. The molecule has 8 heteroatoms. The van der Waals surface area contributed by atoms with Gasteiger partial charge >= 0.3 is 0 Å². The lowest BCUT2D eigenvalue weighted by molar-refractivity contribution is 0.179. The highest BCUT2D eigenvalue weighted by atomic mass is 32.2. The van der Waals surface area contributed by atoms with E-state index in [1.165, 1.54) is 0 Å². The minimum atomic E-state index is -3.49. The minimum Gasteiger partial charge on any atom is -0.496 e. The van der Waals surface area contributed by atoms with E-state index in [0.29, 0.717) is 49.3 Å². The third-order valence-electron chi connectivity index (χ3n) is 5.88. The molecule has 1 fully saturated rings. The van der Waals surface area contributed by atoms with Crippen LogP contribution >= 0.6 is 0 Å². The van der Waals surface area contributed by atoms with Crippen LogP contribution in [0.1, 0.15) is 22.6 Å². The van der Waals surface area contributed by atoms with Crippen molar-refractivity contribution in [3.63, 3.8) is 0 Å². The van der Waals surface area contributed by atoms with Crippen molar-refractivity contribution < 1.29 is 17.6 Å². The highest BCUT2D eigenvalue weighted by Crippen LogP contribution is 2.31. The summed E-state index contributed by atoms with van der Waals surface area (Å²) in [6.07, 6.45) is 0. The molecule has 1 aliphatic rings. The number of para-hydroxylation sites is 1. The zero-order valence-electron chi connectivity index (χ0n) is 19.0. The van der Waals surface area contributed by atoms with E-state index < -0.39 is 10.0 Å². The van der Waals surface area contributed by atoms with E-state index in [4.69, 9.17) is 14.1 Å². The van der Waals surface area contributed by atoms with E-state index in [1.807, 2.05) is 57.2 Å². The number of piperazine rings is 1. The van der Waals surface area contributed by atoms with Crippen molar-refractivity contribution in [2.75, 3.05) is 33.3 Å². The van der Waals surface area contributed by atoms with Gasteiger partial charge in [0.1, 0.15) is 11.5 Å². The lowest BCUT2D eigenvalue weighted by Crippen LogP contribution is -2.48. The molecule has 3 aromatic rings. The van der Waals surface area contributed by atoms with Crippen LogP contribution in [0.15, 0.2) is 51.8 Å². The number of benzene rings is 2. The number of ether oxygens (including phenoxy) is 1. The maximum absolute atomic E-state index is 13.1. The molecule has 7 nitrogen and oxygen atoms in total. The number of oxazole rings is 1. The molecule has 1 saturated heterocycles. The SMILES string of the molecule is COc1ccccc1-c1nc(CN2CCN(S(=O)(=O)c3ccc(C)cc3C)CC2)c(C)o1. The summed E-state index contributed by atoms with van der Waals surface area (Å²) in [6, 6.07) is 13.1. The van der Waals surface area contributed by atoms with E-state index in [-0.39, 0.29) is 0 Å². The van der Waals surface area contributed by atoms with Crippen molar-refractivity contribution in [2.45, 2.75) is 32.2 Å². The standard InChI is InChI=1S/C24H29N3O4S/c1-17-9-10-23(18(2)15-17)32(28,29)27-13-11-26(12-14-27)16-21-19(3)31-24(25-21)20-7-5-6-8-22(20)30-4/h5-10,15H,11-14,16H2,1-4H3. The van der Waals surface area contributed by atoms with Gasteiger partial charge in [-0.1, -0.05) is 29.8 Å². The van der Waals surface area contributed by atoms with Crippen LogP contribution < -0.4 is 4.74 Å². The van der Waals surface area contributed by atoms with Crippen LogP contribution in [0.25, 0.3) is 11.5 Å². The van der Waals surface area contributed by atoms with Gasteiger partial charge in [0.2, 0.25) is 15.9 Å². The maximum atomic E-state index is 13.1. The van der Waals surface area contributed by atoms with Gasteiger partial charge < -0.3 is 9.15 Å². The first-order valence-corrected chi connectivity index (χ1v) is 12.1. The van der Waals surface area contributed by atoms with Crippen molar-refractivity contribution in [1.29, 1.82) is 0 Å². The number of nitrogens with zero attached hydrogens (tertiary/aromatic N) is 3. The Labute approximate surface area is 189 Å². The average Bonchev–Trinajstić information content (AvgIpc) is 3.13. The van der Waals surface area contributed by atoms with Crippen LogP contribution in [-0.2, 0) is 16.6 Å². The van der Waals surface area contributed by atoms with Gasteiger partial charge in [-0.25, -0.2) is 13.4 Å². The van der Waals surface area contributed by atoms with Crippen LogP contribution in [0.5, 0.6) is 5.75 Å². The summed E-state index contributed by atoms with van der Waals surface area (Å²) in [7, 11) is -1.87. The number of aryl methyl sites for hydroxylation is 3. The Morgan fingerprint density at radius 3 is 2.44 bits per heavy atom. The Bertz CT molecular complexity index is 1210. The maximum Gasteiger partial charge on any atom is 0.243 e. The Hall–Kier alpha value is -2.68. The molecule has 0 atom stereocenters. The van der Waals surface area contributed by atoms with Gasteiger partial charge in [-0.2, -0.15) is 4.31 Å².